The highest BCUT2D eigenvalue weighted by Gasteiger charge is 2.22. The van der Waals surface area contributed by atoms with Crippen LogP contribution in [0.1, 0.15) is 5.56 Å². The van der Waals surface area contributed by atoms with Gasteiger partial charge in [0.05, 0.1) is 28.5 Å². The largest absolute Gasteiger partial charge is 0.455 e. The third kappa shape index (κ3) is 3.48. The maximum Gasteiger partial charge on any atom is 0.147 e. The molecule has 4 heteroatoms. The smallest absolute Gasteiger partial charge is 0.147 e. The number of aryl methyl sites for hydroxylation is 1. The quantitative estimate of drug-likeness (QED) is 0.192. The van der Waals surface area contributed by atoms with Gasteiger partial charge in [0.15, 0.2) is 0 Å². The first-order valence-corrected chi connectivity index (χ1v) is 15.2. The average molecular weight is 577 g/mol. The Morgan fingerprint density at radius 2 is 0.978 bits per heavy atom. The predicted molar refractivity (Wildman–Crippen MR) is 185 cm³/mol. The monoisotopic (exact) mass is 576 g/mol. The van der Waals surface area contributed by atoms with E-state index in [2.05, 4.69) is 104 Å². The summed E-state index contributed by atoms with van der Waals surface area (Å²) in [5.74, 6) is 0. The molecule has 7 aromatic carbocycles. The van der Waals surface area contributed by atoms with Gasteiger partial charge < -0.3 is 8.83 Å². The van der Waals surface area contributed by atoms with Gasteiger partial charge >= 0.3 is 0 Å². The molecule has 0 aliphatic rings. The minimum atomic E-state index is 0.821. The van der Waals surface area contributed by atoms with Gasteiger partial charge in [0, 0.05) is 37.9 Å². The molecule has 0 unspecified atom stereocenters. The predicted octanol–water partition coefficient (Wildman–Crippen LogP) is 11.4. The summed E-state index contributed by atoms with van der Waals surface area (Å²) in [6, 6.07) is 42.2. The van der Waals surface area contributed by atoms with Crippen LogP contribution >= 0.6 is 0 Å². The highest BCUT2D eigenvalue weighted by Crippen LogP contribution is 2.45. The van der Waals surface area contributed by atoms with Crippen molar-refractivity contribution < 1.29 is 8.83 Å². The van der Waals surface area contributed by atoms with Crippen LogP contribution in [-0.4, -0.2) is 9.97 Å². The van der Waals surface area contributed by atoms with E-state index in [1.54, 1.807) is 0 Å². The number of furan rings is 2. The SMILES string of the molecule is Cc1cc(-c2cnc3c4ccccc4c4ccccc4c3n2)cc(-c2c3oc4ccccc4c3cc3c2oc2ccccc23)c1. The van der Waals surface area contributed by atoms with Crippen molar-refractivity contribution >= 4 is 76.5 Å². The molecule has 3 heterocycles. The van der Waals surface area contributed by atoms with Crippen LogP contribution in [0.25, 0.3) is 98.8 Å². The lowest BCUT2D eigenvalue weighted by atomic mass is 9.95. The number of hydrogen-bond donors (Lipinski definition) is 0. The zero-order valence-corrected chi connectivity index (χ0v) is 24.3. The molecule has 210 valence electrons. The van der Waals surface area contributed by atoms with Crippen molar-refractivity contribution in [2.24, 2.45) is 0 Å². The first-order valence-electron chi connectivity index (χ1n) is 15.2. The molecular formula is C41H24N2O2. The Kier molecular flexibility index (Phi) is 4.89. The summed E-state index contributed by atoms with van der Waals surface area (Å²) in [5, 5.41) is 8.92. The van der Waals surface area contributed by atoms with Gasteiger partial charge in [-0.05, 0) is 59.2 Å². The van der Waals surface area contributed by atoms with Gasteiger partial charge in [-0.25, -0.2) is 4.98 Å². The van der Waals surface area contributed by atoms with E-state index in [-0.39, 0.29) is 0 Å². The molecule has 0 spiro atoms. The van der Waals surface area contributed by atoms with Crippen LogP contribution in [0, 0.1) is 6.92 Å². The summed E-state index contributed by atoms with van der Waals surface area (Å²) >= 11 is 0. The van der Waals surface area contributed by atoms with Crippen LogP contribution < -0.4 is 0 Å². The molecule has 0 saturated carbocycles. The van der Waals surface area contributed by atoms with Crippen LogP contribution in [0.15, 0.2) is 136 Å². The van der Waals surface area contributed by atoms with Gasteiger partial charge in [-0.2, -0.15) is 0 Å². The van der Waals surface area contributed by atoms with Crippen LogP contribution in [-0.2, 0) is 0 Å². The van der Waals surface area contributed by atoms with Crippen molar-refractivity contribution in [3.8, 4) is 22.4 Å². The van der Waals surface area contributed by atoms with E-state index >= 15 is 0 Å². The first-order chi connectivity index (χ1) is 22.2. The maximum atomic E-state index is 6.59. The van der Waals surface area contributed by atoms with Crippen LogP contribution in [0.4, 0.5) is 0 Å². The molecule has 10 aromatic rings. The minimum Gasteiger partial charge on any atom is -0.455 e. The molecule has 0 aliphatic heterocycles. The van der Waals surface area contributed by atoms with Crippen molar-refractivity contribution in [1.82, 2.24) is 9.97 Å². The second-order valence-corrected chi connectivity index (χ2v) is 11.8. The third-order valence-corrected chi connectivity index (χ3v) is 9.10. The van der Waals surface area contributed by atoms with Gasteiger partial charge in [-0.3, -0.25) is 4.98 Å². The second-order valence-electron chi connectivity index (χ2n) is 11.8. The number of rotatable bonds is 2. The summed E-state index contributed by atoms with van der Waals surface area (Å²) in [6.07, 6.45) is 1.90. The Hall–Kier alpha value is -6.00. The fraction of sp³-hybridized carbons (Fsp3) is 0.0244. The molecule has 4 nitrogen and oxygen atoms in total. The van der Waals surface area contributed by atoms with Gasteiger partial charge in [0.25, 0.3) is 0 Å². The number of aromatic nitrogens is 2. The first kappa shape index (κ1) is 24.4. The van der Waals surface area contributed by atoms with Crippen molar-refractivity contribution in [2.75, 3.05) is 0 Å². The average Bonchev–Trinajstić information content (AvgIpc) is 3.65. The van der Waals surface area contributed by atoms with Gasteiger partial charge in [0.2, 0.25) is 0 Å². The Bertz CT molecular complexity index is 2720. The molecule has 0 bridgehead atoms. The summed E-state index contributed by atoms with van der Waals surface area (Å²) < 4.78 is 13.2. The fourth-order valence-corrected chi connectivity index (χ4v) is 7.14. The highest BCUT2D eigenvalue weighted by molar-refractivity contribution is 6.24. The number of benzene rings is 7. The van der Waals surface area contributed by atoms with Crippen molar-refractivity contribution in [1.29, 1.82) is 0 Å². The minimum absolute atomic E-state index is 0.821. The number of para-hydroxylation sites is 2. The molecule has 0 N–H and O–H groups in total. The summed E-state index contributed by atoms with van der Waals surface area (Å²) in [4.78, 5) is 10.3. The standard InChI is InChI=1S/C41H24N2O2/c1-23-18-24(34-22-42-38-30-14-4-2-10-26(30)27-11-3-5-15-31(27)39(38)43-34)20-25(19-23)37-40-32(28-12-6-8-16-35(28)44-40)21-33-29-13-7-9-17-36(29)45-41(33)37/h2-22H,1H3. The lowest BCUT2D eigenvalue weighted by Gasteiger charge is -2.12. The Morgan fingerprint density at radius 3 is 1.60 bits per heavy atom. The second kappa shape index (κ2) is 9.01. The number of hydrogen-bond acceptors (Lipinski definition) is 4. The normalized spacial score (nSPS) is 12.1. The molecule has 3 aromatic heterocycles. The highest BCUT2D eigenvalue weighted by atomic mass is 16.3. The number of nitrogens with zero attached hydrogens (tertiary/aromatic N) is 2. The van der Waals surface area contributed by atoms with Crippen molar-refractivity contribution in [3.63, 3.8) is 0 Å². The van der Waals surface area contributed by atoms with E-state index < -0.39 is 0 Å². The number of fused-ring (bicyclic) bond motifs is 12. The lowest BCUT2D eigenvalue weighted by molar-refractivity contribution is 0.658. The zero-order chi connectivity index (χ0) is 29.6. The van der Waals surface area contributed by atoms with E-state index in [1.807, 2.05) is 30.5 Å². The summed E-state index contributed by atoms with van der Waals surface area (Å²) in [6.45, 7) is 2.12. The molecule has 0 amide bonds. The van der Waals surface area contributed by atoms with E-state index in [9.17, 15) is 0 Å². The van der Waals surface area contributed by atoms with Crippen LogP contribution in [0.3, 0.4) is 0 Å². The van der Waals surface area contributed by atoms with Crippen molar-refractivity contribution in [3.05, 3.63) is 133 Å². The molecular weight excluding hydrogens is 552 g/mol. The molecule has 0 saturated heterocycles. The Morgan fingerprint density at radius 1 is 0.467 bits per heavy atom. The molecule has 0 radical (unpaired) electrons. The molecule has 0 fully saturated rings. The summed E-state index contributed by atoms with van der Waals surface area (Å²) in [7, 11) is 0. The van der Waals surface area contributed by atoms with Gasteiger partial charge in [0.1, 0.15) is 22.3 Å². The molecule has 0 atom stereocenters. The lowest BCUT2D eigenvalue weighted by Crippen LogP contribution is -1.93. The van der Waals surface area contributed by atoms with E-state index in [0.29, 0.717) is 0 Å². The Balaban J connectivity index is 1.27. The molecule has 10 rings (SSSR count). The topological polar surface area (TPSA) is 52.1 Å². The maximum absolute atomic E-state index is 6.59. The molecule has 45 heavy (non-hydrogen) atoms. The molecule has 0 aliphatic carbocycles. The van der Waals surface area contributed by atoms with Gasteiger partial charge in [-0.1, -0.05) is 91.0 Å². The van der Waals surface area contributed by atoms with E-state index in [4.69, 9.17) is 18.8 Å². The fourth-order valence-electron chi connectivity index (χ4n) is 7.14. The van der Waals surface area contributed by atoms with Crippen LogP contribution in [0.2, 0.25) is 0 Å². The Labute approximate surface area is 257 Å². The van der Waals surface area contributed by atoms with E-state index in [1.165, 1.54) is 10.8 Å². The zero-order valence-electron chi connectivity index (χ0n) is 24.3. The van der Waals surface area contributed by atoms with Crippen molar-refractivity contribution in [2.45, 2.75) is 6.92 Å². The van der Waals surface area contributed by atoms with Crippen LogP contribution in [0.5, 0.6) is 0 Å². The summed E-state index contributed by atoms with van der Waals surface area (Å²) in [5.41, 5.74) is 10.1. The third-order valence-electron chi connectivity index (χ3n) is 9.10. The van der Waals surface area contributed by atoms with E-state index in [0.717, 1.165) is 93.6 Å². The van der Waals surface area contributed by atoms with Gasteiger partial charge in [-0.15, -0.1) is 0 Å².